The SMILES string of the molecule is CNC(CC(C)N1CCNCC1)c1cccs1. The molecule has 1 aromatic rings. The summed E-state index contributed by atoms with van der Waals surface area (Å²) in [6.45, 7) is 6.98. The van der Waals surface area contributed by atoms with Gasteiger partial charge in [0.2, 0.25) is 0 Å². The molecule has 0 aromatic carbocycles. The number of hydrogen-bond donors (Lipinski definition) is 2. The molecule has 2 N–H and O–H groups in total. The average Bonchev–Trinajstić information content (AvgIpc) is 2.90. The van der Waals surface area contributed by atoms with Crippen LogP contribution < -0.4 is 10.6 Å². The summed E-state index contributed by atoms with van der Waals surface area (Å²) in [5.41, 5.74) is 0. The maximum atomic E-state index is 3.44. The molecule has 0 bridgehead atoms. The van der Waals surface area contributed by atoms with Crippen LogP contribution in [0.25, 0.3) is 0 Å². The molecule has 0 saturated carbocycles. The zero-order valence-electron chi connectivity index (χ0n) is 10.8. The molecule has 0 spiro atoms. The van der Waals surface area contributed by atoms with Crippen LogP contribution in [-0.2, 0) is 0 Å². The van der Waals surface area contributed by atoms with Gasteiger partial charge in [0, 0.05) is 43.1 Å². The third-order valence-corrected chi connectivity index (χ3v) is 4.57. The molecule has 2 unspecified atom stereocenters. The summed E-state index contributed by atoms with van der Waals surface area (Å²) >= 11 is 1.85. The van der Waals surface area contributed by atoms with Gasteiger partial charge in [-0.25, -0.2) is 0 Å². The highest BCUT2D eigenvalue weighted by molar-refractivity contribution is 7.10. The van der Waals surface area contributed by atoms with Crippen LogP contribution in [0.15, 0.2) is 17.5 Å². The summed E-state index contributed by atoms with van der Waals surface area (Å²) < 4.78 is 0. The molecule has 1 fully saturated rings. The molecule has 0 aliphatic carbocycles. The summed E-state index contributed by atoms with van der Waals surface area (Å²) in [4.78, 5) is 4.04. The van der Waals surface area contributed by atoms with Crippen molar-refractivity contribution in [3.8, 4) is 0 Å². The fraction of sp³-hybridized carbons (Fsp3) is 0.692. The van der Waals surface area contributed by atoms with Crippen LogP contribution >= 0.6 is 11.3 Å². The molecule has 0 radical (unpaired) electrons. The molecule has 2 heterocycles. The molecular weight excluding hydrogens is 230 g/mol. The van der Waals surface area contributed by atoms with E-state index in [1.807, 2.05) is 11.3 Å². The van der Waals surface area contributed by atoms with Crippen LogP contribution in [0.5, 0.6) is 0 Å². The minimum absolute atomic E-state index is 0.500. The summed E-state index contributed by atoms with van der Waals surface area (Å²) in [6, 6.07) is 5.52. The number of nitrogens with one attached hydrogen (secondary N) is 2. The van der Waals surface area contributed by atoms with Crippen molar-refractivity contribution < 1.29 is 0 Å². The van der Waals surface area contributed by atoms with Crippen LogP contribution in [0.2, 0.25) is 0 Å². The molecule has 4 heteroatoms. The zero-order chi connectivity index (χ0) is 12.1. The molecule has 3 nitrogen and oxygen atoms in total. The first-order valence-corrected chi connectivity index (χ1v) is 7.34. The van der Waals surface area contributed by atoms with Crippen LogP contribution in [0.4, 0.5) is 0 Å². The van der Waals surface area contributed by atoms with E-state index in [2.05, 4.69) is 47.0 Å². The van der Waals surface area contributed by atoms with Gasteiger partial charge in [-0.15, -0.1) is 11.3 Å². The Bertz CT molecular complexity index is 306. The first kappa shape index (κ1) is 13.0. The van der Waals surface area contributed by atoms with Gasteiger partial charge in [0.25, 0.3) is 0 Å². The smallest absolute Gasteiger partial charge is 0.0427 e. The second-order valence-electron chi connectivity index (χ2n) is 4.73. The molecule has 1 aliphatic rings. The maximum absolute atomic E-state index is 3.44. The number of nitrogens with zero attached hydrogens (tertiary/aromatic N) is 1. The average molecular weight is 253 g/mol. The second kappa shape index (κ2) is 6.50. The molecule has 1 aromatic heterocycles. The first-order chi connectivity index (χ1) is 8.31. The van der Waals surface area contributed by atoms with E-state index < -0.39 is 0 Å². The highest BCUT2D eigenvalue weighted by atomic mass is 32.1. The van der Waals surface area contributed by atoms with E-state index in [1.165, 1.54) is 24.4 Å². The molecule has 96 valence electrons. The van der Waals surface area contributed by atoms with Crippen molar-refractivity contribution in [1.29, 1.82) is 0 Å². The van der Waals surface area contributed by atoms with Gasteiger partial charge in [-0.3, -0.25) is 4.90 Å². The summed E-state index contributed by atoms with van der Waals surface area (Å²) in [6.07, 6.45) is 1.19. The summed E-state index contributed by atoms with van der Waals surface area (Å²) in [5.74, 6) is 0. The molecule has 1 aliphatic heterocycles. The molecule has 1 saturated heterocycles. The van der Waals surface area contributed by atoms with Gasteiger partial charge in [0.1, 0.15) is 0 Å². The lowest BCUT2D eigenvalue weighted by Gasteiger charge is -2.34. The van der Waals surface area contributed by atoms with E-state index in [1.54, 1.807) is 0 Å². The number of hydrogen-bond acceptors (Lipinski definition) is 4. The molecular formula is C13H23N3S. The predicted octanol–water partition coefficient (Wildman–Crippen LogP) is 1.69. The normalized spacial score (nSPS) is 21.3. The number of rotatable bonds is 5. The lowest BCUT2D eigenvalue weighted by Crippen LogP contribution is -2.48. The Kier molecular flexibility index (Phi) is 4.98. The fourth-order valence-electron chi connectivity index (χ4n) is 2.48. The van der Waals surface area contributed by atoms with Gasteiger partial charge in [-0.1, -0.05) is 6.07 Å². The van der Waals surface area contributed by atoms with E-state index in [-0.39, 0.29) is 0 Å². The lowest BCUT2D eigenvalue weighted by molar-refractivity contribution is 0.167. The lowest BCUT2D eigenvalue weighted by atomic mass is 10.1. The maximum Gasteiger partial charge on any atom is 0.0427 e. The van der Waals surface area contributed by atoms with E-state index in [0.29, 0.717) is 12.1 Å². The number of thiophene rings is 1. The Morgan fingerprint density at radius 1 is 1.47 bits per heavy atom. The van der Waals surface area contributed by atoms with Gasteiger partial charge in [-0.2, -0.15) is 0 Å². The van der Waals surface area contributed by atoms with E-state index in [0.717, 1.165) is 13.1 Å². The van der Waals surface area contributed by atoms with Gasteiger partial charge in [0.05, 0.1) is 0 Å². The minimum Gasteiger partial charge on any atom is -0.314 e. The molecule has 2 atom stereocenters. The largest absolute Gasteiger partial charge is 0.314 e. The van der Waals surface area contributed by atoms with Gasteiger partial charge in [0.15, 0.2) is 0 Å². The highest BCUT2D eigenvalue weighted by Crippen LogP contribution is 2.24. The predicted molar refractivity (Wildman–Crippen MR) is 74.6 cm³/mol. The summed E-state index contributed by atoms with van der Waals surface area (Å²) in [7, 11) is 2.06. The molecule has 0 amide bonds. The van der Waals surface area contributed by atoms with Gasteiger partial charge >= 0.3 is 0 Å². The molecule has 2 rings (SSSR count). The Hall–Kier alpha value is -0.420. The Labute approximate surface area is 108 Å². The van der Waals surface area contributed by atoms with Crippen molar-refractivity contribution >= 4 is 11.3 Å². The first-order valence-electron chi connectivity index (χ1n) is 6.46. The Morgan fingerprint density at radius 2 is 2.24 bits per heavy atom. The third kappa shape index (κ3) is 3.52. The van der Waals surface area contributed by atoms with E-state index >= 15 is 0 Å². The van der Waals surface area contributed by atoms with Crippen molar-refractivity contribution in [2.45, 2.75) is 25.4 Å². The second-order valence-corrected chi connectivity index (χ2v) is 5.71. The summed E-state index contributed by atoms with van der Waals surface area (Å²) in [5, 5.41) is 9.01. The van der Waals surface area contributed by atoms with Crippen molar-refractivity contribution in [2.24, 2.45) is 0 Å². The van der Waals surface area contributed by atoms with Crippen LogP contribution in [0.1, 0.15) is 24.3 Å². The van der Waals surface area contributed by atoms with Crippen molar-refractivity contribution in [2.75, 3.05) is 33.2 Å². The monoisotopic (exact) mass is 253 g/mol. The Morgan fingerprint density at radius 3 is 2.82 bits per heavy atom. The van der Waals surface area contributed by atoms with Gasteiger partial charge in [-0.05, 0) is 31.8 Å². The van der Waals surface area contributed by atoms with Crippen LogP contribution in [-0.4, -0.2) is 44.2 Å². The van der Waals surface area contributed by atoms with E-state index in [4.69, 9.17) is 0 Å². The van der Waals surface area contributed by atoms with Crippen LogP contribution in [0, 0.1) is 0 Å². The van der Waals surface area contributed by atoms with Crippen LogP contribution in [0.3, 0.4) is 0 Å². The standard InChI is InChI=1S/C13H23N3S/c1-11(16-7-5-15-6-8-16)10-12(14-2)13-4-3-9-17-13/h3-4,9,11-12,14-15H,5-8,10H2,1-2H3. The number of piperazine rings is 1. The van der Waals surface area contributed by atoms with Crippen molar-refractivity contribution in [3.05, 3.63) is 22.4 Å². The molecule has 17 heavy (non-hydrogen) atoms. The van der Waals surface area contributed by atoms with Gasteiger partial charge < -0.3 is 10.6 Å². The quantitative estimate of drug-likeness (QED) is 0.836. The zero-order valence-corrected chi connectivity index (χ0v) is 11.6. The Balaban J connectivity index is 1.89. The topological polar surface area (TPSA) is 27.3 Å². The highest BCUT2D eigenvalue weighted by Gasteiger charge is 2.20. The van der Waals surface area contributed by atoms with Crippen molar-refractivity contribution in [1.82, 2.24) is 15.5 Å². The minimum atomic E-state index is 0.500. The third-order valence-electron chi connectivity index (χ3n) is 3.59. The fourth-order valence-corrected chi connectivity index (χ4v) is 3.33. The van der Waals surface area contributed by atoms with Crippen molar-refractivity contribution in [3.63, 3.8) is 0 Å². The van der Waals surface area contributed by atoms with E-state index in [9.17, 15) is 0 Å².